The average molecular weight is 474 g/mol. The smallest absolute Gasteiger partial charge is 0.248 e. The largest absolute Gasteiger partial charge is 0.329 e. The Morgan fingerprint density at radius 1 is 1.00 bits per heavy atom. The molecule has 2 aromatic carbocycles. The molecule has 0 spiro atoms. The first-order chi connectivity index (χ1) is 13.9. The fraction of sp³-hybridized carbons (Fsp3) is 0.143. The minimum absolute atomic E-state index is 0.0251. The summed E-state index contributed by atoms with van der Waals surface area (Å²) < 4.78 is 29.6. The van der Waals surface area contributed by atoms with Gasteiger partial charge in [-0.2, -0.15) is 4.99 Å². The molecule has 0 aliphatic heterocycles. The molecule has 1 amide bonds. The molecule has 150 valence electrons. The van der Waals surface area contributed by atoms with Crippen LogP contribution < -0.4 is 10.2 Å². The number of benzene rings is 2. The van der Waals surface area contributed by atoms with E-state index in [2.05, 4.69) is 25.6 Å². The van der Waals surface area contributed by atoms with Crippen molar-refractivity contribution in [2.75, 3.05) is 6.54 Å². The van der Waals surface area contributed by atoms with Crippen molar-refractivity contribution >= 4 is 31.9 Å². The van der Waals surface area contributed by atoms with Crippen LogP contribution in [-0.4, -0.2) is 25.4 Å². The second-order valence-electron chi connectivity index (χ2n) is 6.28. The summed E-state index contributed by atoms with van der Waals surface area (Å²) in [7, 11) is -3.68. The van der Waals surface area contributed by atoms with Crippen LogP contribution >= 0.6 is 15.9 Å². The molecule has 0 saturated carbocycles. The number of aromatic nitrogens is 1. The first-order valence-electron chi connectivity index (χ1n) is 8.96. The molecular weight excluding hydrogens is 454 g/mol. The van der Waals surface area contributed by atoms with E-state index in [9.17, 15) is 13.2 Å². The molecule has 0 atom stereocenters. The predicted octanol–water partition coefficient (Wildman–Crippen LogP) is 3.09. The second kappa shape index (κ2) is 9.78. The van der Waals surface area contributed by atoms with E-state index >= 15 is 0 Å². The van der Waals surface area contributed by atoms with E-state index in [1.165, 1.54) is 12.1 Å². The van der Waals surface area contributed by atoms with Crippen molar-refractivity contribution in [3.63, 3.8) is 0 Å². The van der Waals surface area contributed by atoms with Crippen molar-refractivity contribution in [3.8, 4) is 0 Å². The third-order valence-corrected chi connectivity index (χ3v) is 6.04. The highest BCUT2D eigenvalue weighted by Gasteiger charge is 2.14. The number of carbonyl (C=O) groups excluding carboxylic acids is 1. The van der Waals surface area contributed by atoms with E-state index in [0.29, 0.717) is 16.5 Å². The zero-order valence-electron chi connectivity index (χ0n) is 15.5. The van der Waals surface area contributed by atoms with Gasteiger partial charge in [0.15, 0.2) is 0 Å². The summed E-state index contributed by atoms with van der Waals surface area (Å²) >= 11 is 3.25. The van der Waals surface area contributed by atoms with Crippen LogP contribution in [0.25, 0.3) is 0 Å². The molecule has 1 aromatic heterocycles. The molecule has 29 heavy (non-hydrogen) atoms. The van der Waals surface area contributed by atoms with E-state index in [4.69, 9.17) is 0 Å². The highest BCUT2D eigenvalue weighted by molar-refractivity contribution is 9.10. The van der Waals surface area contributed by atoms with Crippen molar-refractivity contribution in [2.24, 2.45) is 4.99 Å². The summed E-state index contributed by atoms with van der Waals surface area (Å²) in [6.45, 7) is 0.562. The number of sulfonamides is 1. The number of amides is 1. The van der Waals surface area contributed by atoms with Gasteiger partial charge >= 0.3 is 0 Å². The lowest BCUT2D eigenvalue weighted by molar-refractivity contribution is -0.117. The Kier molecular flexibility index (Phi) is 7.13. The average Bonchev–Trinajstić information content (AvgIpc) is 2.70. The lowest BCUT2D eigenvalue weighted by Crippen LogP contribution is -2.27. The summed E-state index contributed by atoms with van der Waals surface area (Å²) in [5.74, 6) is -0.394. The number of nitrogens with one attached hydrogen (secondary N) is 1. The number of carbonyl (C=O) groups is 1. The fourth-order valence-electron chi connectivity index (χ4n) is 2.68. The van der Waals surface area contributed by atoms with Gasteiger partial charge in [0.05, 0.1) is 4.90 Å². The fourth-order valence-corrected chi connectivity index (χ4v) is 4.30. The molecule has 0 radical (unpaired) electrons. The van der Waals surface area contributed by atoms with Crippen molar-refractivity contribution in [1.82, 2.24) is 9.29 Å². The number of pyridine rings is 1. The Labute approximate surface area is 178 Å². The molecular formula is C21H20BrN3O3S. The minimum Gasteiger partial charge on any atom is -0.329 e. The highest BCUT2D eigenvalue weighted by Crippen LogP contribution is 2.15. The number of hydrogen-bond acceptors (Lipinski definition) is 3. The first-order valence-corrected chi connectivity index (χ1v) is 11.2. The Morgan fingerprint density at radius 3 is 2.52 bits per heavy atom. The van der Waals surface area contributed by atoms with Gasteiger partial charge in [-0.05, 0) is 35.9 Å². The molecule has 3 rings (SSSR count). The normalized spacial score (nSPS) is 12.1. The zero-order chi connectivity index (χ0) is 20.7. The molecule has 0 aliphatic carbocycles. The number of halogens is 1. The van der Waals surface area contributed by atoms with Crippen LogP contribution in [0.5, 0.6) is 0 Å². The maximum absolute atomic E-state index is 12.3. The van der Waals surface area contributed by atoms with Crippen LogP contribution in [0.15, 0.2) is 93.4 Å². The van der Waals surface area contributed by atoms with E-state index in [-0.39, 0.29) is 17.9 Å². The SMILES string of the molecule is O=C(CCNS(=O)(=O)c1cccc(Br)c1)N=c1ccccn1Cc1ccccc1. The lowest BCUT2D eigenvalue weighted by Gasteiger charge is -2.08. The van der Waals surface area contributed by atoms with Gasteiger partial charge in [0, 0.05) is 30.2 Å². The second-order valence-corrected chi connectivity index (χ2v) is 8.97. The summed E-state index contributed by atoms with van der Waals surface area (Å²) in [5.41, 5.74) is 1.62. The van der Waals surface area contributed by atoms with Crippen LogP contribution in [0, 0.1) is 0 Å². The molecule has 0 unspecified atom stereocenters. The van der Waals surface area contributed by atoms with Gasteiger partial charge in [-0.15, -0.1) is 0 Å². The monoisotopic (exact) mass is 473 g/mol. The van der Waals surface area contributed by atoms with E-state index in [1.54, 1.807) is 18.2 Å². The topological polar surface area (TPSA) is 80.5 Å². The van der Waals surface area contributed by atoms with E-state index < -0.39 is 15.9 Å². The quantitative estimate of drug-likeness (QED) is 0.572. The molecule has 0 aliphatic rings. The van der Waals surface area contributed by atoms with Crippen LogP contribution in [-0.2, 0) is 21.4 Å². The first kappa shape index (κ1) is 21.2. The summed E-state index contributed by atoms with van der Waals surface area (Å²) in [6.07, 6.45) is 1.82. The molecule has 3 aromatic rings. The maximum Gasteiger partial charge on any atom is 0.248 e. The third kappa shape index (κ3) is 6.22. The molecule has 0 bridgehead atoms. The summed E-state index contributed by atoms with van der Waals surface area (Å²) in [4.78, 5) is 16.6. The third-order valence-electron chi connectivity index (χ3n) is 4.09. The molecule has 0 saturated heterocycles. The zero-order valence-corrected chi connectivity index (χ0v) is 17.9. The predicted molar refractivity (Wildman–Crippen MR) is 114 cm³/mol. The van der Waals surface area contributed by atoms with E-state index in [0.717, 1.165) is 5.56 Å². The molecule has 6 nitrogen and oxygen atoms in total. The standard InChI is InChI=1S/C21H20BrN3O3S/c22-18-9-6-10-19(15-18)29(27,28)23-13-12-21(26)24-20-11-4-5-14-25(20)16-17-7-2-1-3-8-17/h1-11,14-15,23H,12-13,16H2. The lowest BCUT2D eigenvalue weighted by atomic mass is 10.2. The van der Waals surface area contributed by atoms with Crippen molar-refractivity contribution in [3.05, 3.63) is 94.5 Å². The van der Waals surface area contributed by atoms with Crippen molar-refractivity contribution in [1.29, 1.82) is 0 Å². The van der Waals surface area contributed by atoms with Gasteiger partial charge in [0.1, 0.15) is 5.49 Å². The summed E-state index contributed by atoms with van der Waals surface area (Å²) in [6, 6.07) is 21.7. The molecule has 1 heterocycles. The molecule has 0 fully saturated rings. The van der Waals surface area contributed by atoms with Gasteiger partial charge in [-0.25, -0.2) is 13.1 Å². The van der Waals surface area contributed by atoms with E-state index in [1.807, 2.05) is 53.2 Å². The minimum atomic E-state index is -3.68. The van der Waals surface area contributed by atoms with Gasteiger partial charge in [-0.3, -0.25) is 4.79 Å². The maximum atomic E-state index is 12.3. The van der Waals surface area contributed by atoms with Crippen LogP contribution in [0.1, 0.15) is 12.0 Å². The number of hydrogen-bond donors (Lipinski definition) is 1. The number of rotatable bonds is 7. The Morgan fingerprint density at radius 2 is 1.76 bits per heavy atom. The van der Waals surface area contributed by atoms with Crippen molar-refractivity contribution in [2.45, 2.75) is 17.9 Å². The van der Waals surface area contributed by atoms with Crippen molar-refractivity contribution < 1.29 is 13.2 Å². The van der Waals surface area contributed by atoms with Gasteiger partial charge in [-0.1, -0.05) is 58.4 Å². The van der Waals surface area contributed by atoms with Crippen LogP contribution in [0.4, 0.5) is 0 Å². The van der Waals surface area contributed by atoms with Gasteiger partial charge < -0.3 is 4.57 Å². The summed E-state index contributed by atoms with van der Waals surface area (Å²) in [5, 5.41) is 0. The number of nitrogens with zero attached hydrogens (tertiary/aromatic N) is 2. The highest BCUT2D eigenvalue weighted by atomic mass is 79.9. The van der Waals surface area contributed by atoms with Gasteiger partial charge in [0.2, 0.25) is 15.9 Å². The Balaban J connectivity index is 1.65. The van der Waals surface area contributed by atoms with Crippen LogP contribution in [0.3, 0.4) is 0 Å². The van der Waals surface area contributed by atoms with Gasteiger partial charge in [0.25, 0.3) is 0 Å². The molecule has 1 N–H and O–H groups in total. The van der Waals surface area contributed by atoms with Crippen LogP contribution in [0.2, 0.25) is 0 Å². The Bertz CT molecular complexity index is 1160. The Hall–Kier alpha value is -2.55. The molecule has 8 heteroatoms.